The molecule has 0 aliphatic rings. The highest BCUT2D eigenvalue weighted by Gasteiger charge is 2.13. The molecular weight excluding hydrogens is 418 g/mol. The molecule has 0 heterocycles. The molecule has 0 unspecified atom stereocenters. The lowest BCUT2D eigenvalue weighted by Crippen LogP contribution is -2.09. The summed E-state index contributed by atoms with van der Waals surface area (Å²) in [5.41, 5.74) is 2.56. The van der Waals surface area contributed by atoms with Crippen molar-refractivity contribution in [2.24, 2.45) is 0 Å². The number of allylic oxidation sites excluding steroid dienone is 1. The highest BCUT2D eigenvalue weighted by atomic mass is 79.9. The van der Waals surface area contributed by atoms with Gasteiger partial charge in [-0.2, -0.15) is 5.26 Å². The smallest absolute Gasteiger partial charge is 0.343 e. The highest BCUT2D eigenvalue weighted by Crippen LogP contribution is 2.30. The van der Waals surface area contributed by atoms with E-state index in [-0.39, 0.29) is 0 Å². The summed E-state index contributed by atoms with van der Waals surface area (Å²) in [6, 6.07) is 23.7. The van der Waals surface area contributed by atoms with Crippen molar-refractivity contribution >= 4 is 33.5 Å². The van der Waals surface area contributed by atoms with Crippen LogP contribution >= 0.6 is 15.9 Å². The Hall–Kier alpha value is -3.36. The number of carbonyl (C=O) groups is 1. The Labute approximate surface area is 171 Å². The van der Waals surface area contributed by atoms with E-state index in [2.05, 4.69) is 22.0 Å². The molecule has 0 amide bonds. The number of ether oxygens (including phenoxy) is 2. The van der Waals surface area contributed by atoms with Gasteiger partial charge in [0.15, 0.2) is 11.5 Å². The van der Waals surface area contributed by atoms with Crippen molar-refractivity contribution in [2.45, 2.75) is 0 Å². The van der Waals surface area contributed by atoms with Gasteiger partial charge in [-0.3, -0.25) is 0 Å². The molecular formula is C23H16BrNO3. The first-order valence-corrected chi connectivity index (χ1v) is 9.23. The molecule has 0 saturated heterocycles. The molecule has 0 saturated carbocycles. The van der Waals surface area contributed by atoms with E-state index >= 15 is 0 Å². The second-order valence-electron chi connectivity index (χ2n) is 5.84. The van der Waals surface area contributed by atoms with Crippen molar-refractivity contribution in [3.63, 3.8) is 0 Å². The summed E-state index contributed by atoms with van der Waals surface area (Å²) < 4.78 is 11.7. The zero-order chi connectivity index (χ0) is 19.9. The van der Waals surface area contributed by atoms with Crippen LogP contribution in [0.25, 0.3) is 11.6 Å². The molecule has 0 aliphatic heterocycles. The zero-order valence-corrected chi connectivity index (χ0v) is 16.6. The van der Waals surface area contributed by atoms with E-state index in [1.165, 1.54) is 7.11 Å². The van der Waals surface area contributed by atoms with Gasteiger partial charge in [0.2, 0.25) is 0 Å². The molecule has 0 aromatic heterocycles. The minimum atomic E-state index is -0.476. The summed E-state index contributed by atoms with van der Waals surface area (Å²) in [5, 5.41) is 9.46. The number of halogens is 1. The van der Waals surface area contributed by atoms with Crippen LogP contribution in [0, 0.1) is 11.3 Å². The fraction of sp³-hybridized carbons (Fsp3) is 0.0435. The molecule has 3 aromatic rings. The summed E-state index contributed by atoms with van der Waals surface area (Å²) in [6.07, 6.45) is 1.76. The fourth-order valence-electron chi connectivity index (χ4n) is 2.57. The normalized spacial score (nSPS) is 10.8. The van der Waals surface area contributed by atoms with Crippen molar-refractivity contribution in [1.82, 2.24) is 0 Å². The second kappa shape index (κ2) is 9.03. The summed E-state index contributed by atoms with van der Waals surface area (Å²) in [6.45, 7) is 0. The van der Waals surface area contributed by atoms with E-state index < -0.39 is 5.97 Å². The molecule has 3 rings (SSSR count). The van der Waals surface area contributed by atoms with E-state index in [1.54, 1.807) is 48.5 Å². The van der Waals surface area contributed by atoms with Crippen molar-refractivity contribution in [3.8, 4) is 17.6 Å². The van der Waals surface area contributed by atoms with Gasteiger partial charge in [0.05, 0.1) is 24.3 Å². The Morgan fingerprint density at radius 1 is 0.964 bits per heavy atom. The summed E-state index contributed by atoms with van der Waals surface area (Å²) in [4.78, 5) is 12.3. The SMILES string of the molecule is COc1cc(C=C(C#N)c2ccccc2)ccc1OC(=O)c1ccc(Br)cc1. The first kappa shape index (κ1) is 19.4. The van der Waals surface area contributed by atoms with Crippen LogP contribution < -0.4 is 9.47 Å². The molecule has 0 aliphatic carbocycles. The Morgan fingerprint density at radius 3 is 2.32 bits per heavy atom. The number of esters is 1. The number of carbonyl (C=O) groups excluding carboxylic acids is 1. The number of nitriles is 1. The monoisotopic (exact) mass is 433 g/mol. The quantitative estimate of drug-likeness (QED) is 0.222. The maximum atomic E-state index is 12.3. The largest absolute Gasteiger partial charge is 0.493 e. The Kier molecular flexibility index (Phi) is 6.25. The van der Waals surface area contributed by atoms with Crippen molar-refractivity contribution in [1.29, 1.82) is 5.26 Å². The predicted molar refractivity (Wildman–Crippen MR) is 112 cm³/mol. The molecule has 5 heteroatoms. The Balaban J connectivity index is 1.86. The Bertz CT molecular complexity index is 1050. The van der Waals surface area contributed by atoms with Gasteiger partial charge in [-0.05, 0) is 53.6 Å². The highest BCUT2D eigenvalue weighted by molar-refractivity contribution is 9.10. The first-order chi connectivity index (χ1) is 13.6. The maximum Gasteiger partial charge on any atom is 0.343 e. The van der Waals surface area contributed by atoms with Gasteiger partial charge in [-0.1, -0.05) is 52.3 Å². The molecule has 0 N–H and O–H groups in total. The topological polar surface area (TPSA) is 59.3 Å². The number of benzene rings is 3. The average molecular weight is 434 g/mol. The van der Waals surface area contributed by atoms with Crippen LogP contribution in [-0.4, -0.2) is 13.1 Å². The molecule has 0 atom stereocenters. The van der Waals surface area contributed by atoms with Gasteiger partial charge in [-0.15, -0.1) is 0 Å². The van der Waals surface area contributed by atoms with E-state index in [9.17, 15) is 10.1 Å². The number of hydrogen-bond donors (Lipinski definition) is 0. The van der Waals surface area contributed by atoms with Crippen LogP contribution in [0.5, 0.6) is 11.5 Å². The maximum absolute atomic E-state index is 12.3. The fourth-order valence-corrected chi connectivity index (χ4v) is 2.83. The molecule has 3 aromatic carbocycles. The van der Waals surface area contributed by atoms with Crippen LogP contribution in [-0.2, 0) is 0 Å². The lowest BCUT2D eigenvalue weighted by molar-refractivity contribution is 0.0729. The third kappa shape index (κ3) is 4.67. The minimum Gasteiger partial charge on any atom is -0.493 e. The van der Waals surface area contributed by atoms with Gasteiger partial charge in [0, 0.05) is 4.47 Å². The van der Waals surface area contributed by atoms with Gasteiger partial charge < -0.3 is 9.47 Å². The molecule has 138 valence electrons. The van der Waals surface area contributed by atoms with Gasteiger partial charge >= 0.3 is 5.97 Å². The van der Waals surface area contributed by atoms with Crippen LogP contribution in [0.4, 0.5) is 0 Å². The Morgan fingerprint density at radius 2 is 1.68 bits per heavy atom. The molecule has 0 fully saturated rings. The minimum absolute atomic E-state index is 0.311. The van der Waals surface area contributed by atoms with Crippen LogP contribution in [0.1, 0.15) is 21.5 Å². The van der Waals surface area contributed by atoms with Gasteiger partial charge in [0.25, 0.3) is 0 Å². The lowest BCUT2D eigenvalue weighted by Gasteiger charge is -2.10. The van der Waals surface area contributed by atoms with E-state index in [0.29, 0.717) is 22.6 Å². The lowest BCUT2D eigenvalue weighted by atomic mass is 10.0. The second-order valence-corrected chi connectivity index (χ2v) is 6.76. The molecule has 4 nitrogen and oxygen atoms in total. The van der Waals surface area contributed by atoms with Crippen molar-refractivity contribution < 1.29 is 14.3 Å². The third-order valence-electron chi connectivity index (χ3n) is 3.99. The standard InChI is InChI=1S/C23H16BrNO3/c1-27-22-14-16(13-19(15-25)17-5-3-2-4-6-17)7-12-21(22)28-23(26)18-8-10-20(24)11-9-18/h2-14H,1H3. The molecule has 0 radical (unpaired) electrons. The number of hydrogen-bond acceptors (Lipinski definition) is 4. The summed E-state index contributed by atoms with van der Waals surface area (Å²) in [7, 11) is 1.50. The van der Waals surface area contributed by atoms with Crippen molar-refractivity contribution in [3.05, 3.63) is 94.0 Å². The first-order valence-electron chi connectivity index (χ1n) is 8.43. The average Bonchev–Trinajstić information content (AvgIpc) is 2.74. The summed E-state index contributed by atoms with van der Waals surface area (Å²) >= 11 is 3.33. The van der Waals surface area contributed by atoms with Crippen molar-refractivity contribution in [2.75, 3.05) is 7.11 Å². The van der Waals surface area contributed by atoms with E-state index in [4.69, 9.17) is 9.47 Å². The number of rotatable bonds is 5. The molecule has 28 heavy (non-hydrogen) atoms. The van der Waals surface area contributed by atoms with Gasteiger partial charge in [0.1, 0.15) is 0 Å². The predicted octanol–water partition coefficient (Wildman–Crippen LogP) is 5.74. The van der Waals surface area contributed by atoms with Crippen LogP contribution in [0.15, 0.2) is 77.3 Å². The molecule has 0 bridgehead atoms. The zero-order valence-electron chi connectivity index (χ0n) is 15.1. The summed E-state index contributed by atoms with van der Waals surface area (Å²) in [5.74, 6) is 0.242. The van der Waals surface area contributed by atoms with Crippen LogP contribution in [0.2, 0.25) is 0 Å². The molecule has 0 spiro atoms. The van der Waals surface area contributed by atoms with E-state index in [1.807, 2.05) is 30.3 Å². The van der Waals surface area contributed by atoms with Crippen LogP contribution in [0.3, 0.4) is 0 Å². The number of methoxy groups -OCH3 is 1. The van der Waals surface area contributed by atoms with E-state index in [0.717, 1.165) is 15.6 Å². The van der Waals surface area contributed by atoms with Gasteiger partial charge in [-0.25, -0.2) is 4.79 Å². The third-order valence-corrected chi connectivity index (χ3v) is 4.52. The number of nitrogens with zero attached hydrogens (tertiary/aromatic N) is 1.